The van der Waals surface area contributed by atoms with Crippen LogP contribution in [0.3, 0.4) is 0 Å². The summed E-state index contributed by atoms with van der Waals surface area (Å²) in [4.78, 5) is 0. The topological polar surface area (TPSA) is 0 Å². The summed E-state index contributed by atoms with van der Waals surface area (Å²) >= 11 is 0. The number of benzene rings is 8. The number of fused-ring (bicyclic) bond motifs is 9. The van der Waals surface area contributed by atoms with Crippen molar-refractivity contribution in [3.8, 4) is 44.5 Å². The molecule has 0 heteroatoms. The van der Waals surface area contributed by atoms with Crippen molar-refractivity contribution in [2.45, 2.75) is 127 Å². The molecule has 0 heterocycles. The number of allylic oxidation sites excluding steroid dienone is 4. The van der Waals surface area contributed by atoms with Crippen LogP contribution in [0.5, 0.6) is 0 Å². The zero-order valence-corrected chi connectivity index (χ0v) is 44.7. The summed E-state index contributed by atoms with van der Waals surface area (Å²) in [6, 6.07) is 61.6. The van der Waals surface area contributed by atoms with E-state index in [1.807, 2.05) is 27.7 Å². The van der Waals surface area contributed by atoms with E-state index in [0.717, 1.165) is 24.2 Å². The Morgan fingerprint density at radius 3 is 1.66 bits per heavy atom. The van der Waals surface area contributed by atoms with Gasteiger partial charge in [0.2, 0.25) is 0 Å². The summed E-state index contributed by atoms with van der Waals surface area (Å²) < 4.78 is 0. The van der Waals surface area contributed by atoms with E-state index in [4.69, 9.17) is 0 Å². The summed E-state index contributed by atoms with van der Waals surface area (Å²) in [5.41, 5.74) is 20.4. The first-order valence-corrected chi connectivity index (χ1v) is 27.0. The van der Waals surface area contributed by atoms with Crippen LogP contribution in [0.25, 0.3) is 77.2 Å². The molecule has 8 aromatic carbocycles. The lowest BCUT2D eigenvalue weighted by molar-refractivity contribution is 0.421. The predicted octanol–water partition coefficient (Wildman–Crippen LogP) is 21.6. The highest BCUT2D eigenvalue weighted by atomic mass is 14.3. The van der Waals surface area contributed by atoms with E-state index in [-0.39, 0.29) is 0 Å². The van der Waals surface area contributed by atoms with Gasteiger partial charge >= 0.3 is 0 Å². The van der Waals surface area contributed by atoms with Gasteiger partial charge in [0.1, 0.15) is 0 Å². The van der Waals surface area contributed by atoms with Crippen LogP contribution in [0.1, 0.15) is 148 Å². The molecule has 0 amide bonds. The minimum atomic E-state index is 0.396. The molecule has 0 N–H and O–H groups in total. The van der Waals surface area contributed by atoms with E-state index in [1.165, 1.54) is 131 Å². The largest absolute Gasteiger partial charge is 0.0757 e. The quantitative estimate of drug-likeness (QED) is 0.140. The first-order chi connectivity index (χ1) is 34.1. The highest BCUT2D eigenvalue weighted by molar-refractivity contribution is 6.14. The maximum Gasteiger partial charge on any atom is 0.0137 e. The van der Waals surface area contributed by atoms with E-state index in [9.17, 15) is 0 Å². The fraction of sp³-hybridized carbons (Fsp3) is 0.314. The lowest BCUT2D eigenvalue weighted by Crippen LogP contribution is -2.12. The van der Waals surface area contributed by atoms with Crippen molar-refractivity contribution < 1.29 is 0 Å². The number of aryl methyl sites for hydroxylation is 1. The molecule has 0 radical (unpaired) electrons. The van der Waals surface area contributed by atoms with Gasteiger partial charge in [0.25, 0.3) is 0 Å². The number of rotatable bonds is 7. The van der Waals surface area contributed by atoms with Crippen LogP contribution >= 0.6 is 0 Å². The molecule has 3 aliphatic carbocycles. The molecule has 0 nitrogen and oxygen atoms in total. The van der Waals surface area contributed by atoms with Crippen LogP contribution in [0.2, 0.25) is 0 Å². The normalized spacial score (nSPS) is 14.5. The summed E-state index contributed by atoms with van der Waals surface area (Å²) in [5, 5.41) is 5.36. The Kier molecular flexibility index (Phi) is 17.7. The Morgan fingerprint density at radius 2 is 1.00 bits per heavy atom. The highest BCUT2D eigenvalue weighted by Gasteiger charge is 2.31. The summed E-state index contributed by atoms with van der Waals surface area (Å²) in [6.07, 6.45) is 11.0. The Hall–Kier alpha value is -6.24. The first kappa shape index (κ1) is 51.6. The average Bonchev–Trinajstić information content (AvgIpc) is 3.39. The van der Waals surface area contributed by atoms with Crippen molar-refractivity contribution in [2.75, 3.05) is 0 Å². The fourth-order valence-electron chi connectivity index (χ4n) is 10.0. The molecule has 70 heavy (non-hydrogen) atoms. The van der Waals surface area contributed by atoms with E-state index in [1.54, 1.807) is 0 Å². The van der Waals surface area contributed by atoms with Gasteiger partial charge in [-0.05, 0) is 167 Å². The van der Waals surface area contributed by atoms with Crippen molar-refractivity contribution in [3.63, 3.8) is 0 Å². The van der Waals surface area contributed by atoms with Gasteiger partial charge in [-0.2, -0.15) is 0 Å². The van der Waals surface area contributed by atoms with Crippen LogP contribution < -0.4 is 0 Å². The Labute approximate surface area is 423 Å². The second-order valence-electron chi connectivity index (χ2n) is 20.2. The van der Waals surface area contributed by atoms with Crippen LogP contribution in [0.15, 0.2) is 176 Å². The van der Waals surface area contributed by atoms with Gasteiger partial charge in [-0.1, -0.05) is 253 Å². The molecule has 0 aliphatic heterocycles. The monoisotopic (exact) mass is 921 g/mol. The molecule has 360 valence electrons. The minimum absolute atomic E-state index is 0.396. The highest BCUT2D eigenvalue weighted by Crippen LogP contribution is 2.52. The van der Waals surface area contributed by atoms with E-state index in [2.05, 4.69) is 231 Å². The van der Waals surface area contributed by atoms with E-state index >= 15 is 0 Å². The zero-order chi connectivity index (χ0) is 49.9. The minimum Gasteiger partial charge on any atom is -0.0757 e. The first-order valence-electron chi connectivity index (χ1n) is 27.0. The molecule has 1 unspecified atom stereocenters. The Morgan fingerprint density at radius 1 is 0.486 bits per heavy atom. The Bertz CT molecular complexity index is 3060. The van der Waals surface area contributed by atoms with Gasteiger partial charge < -0.3 is 0 Å². The molecule has 8 aromatic rings. The SMILES string of the molecule is CC.CC.CC(C)C(C)C.CCC(C)C.Cc1cc2ccccc2c2cccc(-c3cccc(-c4cccc(-c5cccc(C6=CCC7C(=C6)c6ccccc6-c6ccccc67)c5)c4)c3C3CCC3)c12. The summed E-state index contributed by atoms with van der Waals surface area (Å²) in [7, 11) is 0. The summed E-state index contributed by atoms with van der Waals surface area (Å²) in [6.45, 7) is 25.9. The Balaban J connectivity index is 0.000000428. The molecular formula is C70H80. The van der Waals surface area contributed by atoms with Crippen LogP contribution in [-0.4, -0.2) is 0 Å². The third-order valence-corrected chi connectivity index (χ3v) is 15.0. The van der Waals surface area contributed by atoms with Gasteiger partial charge in [-0.25, -0.2) is 0 Å². The third-order valence-electron chi connectivity index (χ3n) is 15.0. The molecule has 3 aliphatic rings. The molecule has 11 rings (SSSR count). The van der Waals surface area contributed by atoms with Crippen molar-refractivity contribution >= 4 is 32.7 Å². The zero-order valence-electron chi connectivity index (χ0n) is 44.7. The second kappa shape index (κ2) is 24.1. The van der Waals surface area contributed by atoms with Gasteiger partial charge in [0.05, 0.1) is 0 Å². The maximum atomic E-state index is 2.46. The molecule has 0 aromatic heterocycles. The van der Waals surface area contributed by atoms with Crippen molar-refractivity contribution in [3.05, 3.63) is 204 Å². The molecule has 0 saturated heterocycles. The van der Waals surface area contributed by atoms with Gasteiger partial charge in [-0.15, -0.1) is 0 Å². The number of hydrogen-bond acceptors (Lipinski definition) is 0. The summed E-state index contributed by atoms with van der Waals surface area (Å²) in [5.74, 6) is 3.55. The lowest BCUT2D eigenvalue weighted by Gasteiger charge is -2.32. The van der Waals surface area contributed by atoms with Crippen LogP contribution in [0, 0.1) is 24.7 Å². The molecule has 1 atom stereocenters. The van der Waals surface area contributed by atoms with Crippen LogP contribution in [-0.2, 0) is 0 Å². The smallest absolute Gasteiger partial charge is 0.0137 e. The maximum absolute atomic E-state index is 2.46. The molecule has 0 bridgehead atoms. The number of hydrogen-bond donors (Lipinski definition) is 0. The second-order valence-corrected chi connectivity index (χ2v) is 20.2. The van der Waals surface area contributed by atoms with E-state index in [0.29, 0.717) is 11.8 Å². The van der Waals surface area contributed by atoms with E-state index < -0.39 is 0 Å². The fourth-order valence-corrected chi connectivity index (χ4v) is 10.0. The van der Waals surface area contributed by atoms with Crippen molar-refractivity contribution in [1.82, 2.24) is 0 Å². The molecular weight excluding hydrogens is 841 g/mol. The lowest BCUT2D eigenvalue weighted by atomic mass is 9.71. The molecule has 1 saturated carbocycles. The van der Waals surface area contributed by atoms with Crippen molar-refractivity contribution in [1.29, 1.82) is 0 Å². The standard InChI is InChI=1S/C55H42.C6H14.C5H12.2C2H6/c1-35-31-41-13-2-3-20-43(41)50-26-12-27-51(54(35)50)52-28-11-25-44(55(52)36-14-8-15-36)42-19-10-18-39(33-42)37-16-9-17-38(32-37)40-29-30-49-47-23-5-4-21-45(47)46-22-6-7-24-48(46)53(49)34-40;1-5(2)6(3)4;1-4-5(2)3;2*1-2/h2-7,9-13,16-29,31-34,36,49H,8,14-15,30H2,1H3;5-6H,1-4H3;5H,4H2,1-3H3;2*1-2H3. The average molecular weight is 921 g/mol. The van der Waals surface area contributed by atoms with Gasteiger partial charge in [0.15, 0.2) is 0 Å². The van der Waals surface area contributed by atoms with Crippen molar-refractivity contribution in [2.24, 2.45) is 17.8 Å². The van der Waals surface area contributed by atoms with Gasteiger partial charge in [-0.3, -0.25) is 0 Å². The van der Waals surface area contributed by atoms with Crippen LogP contribution in [0.4, 0.5) is 0 Å². The predicted molar refractivity (Wildman–Crippen MR) is 312 cm³/mol. The van der Waals surface area contributed by atoms with Gasteiger partial charge in [0, 0.05) is 5.92 Å². The third kappa shape index (κ3) is 11.0. The molecule has 1 fully saturated rings. The molecule has 0 spiro atoms.